The van der Waals surface area contributed by atoms with Crippen molar-refractivity contribution in [1.82, 2.24) is 5.32 Å². The molecule has 0 aliphatic rings. The number of hydrogen-bond donors (Lipinski definition) is 2. The standard InChI is InChI=1S/C18H17Cl2N3O3/c1-23(17(25)10-22-16(24)9-21)11-6-7-15(20)13(8-11)18(26)12-4-2-3-5-14(12)19/h2-8H,9-10,21H2,1H3,(H,22,24). The first-order valence-electron chi connectivity index (χ1n) is 7.67. The van der Waals surface area contributed by atoms with Gasteiger partial charge in [-0.3, -0.25) is 14.4 Å². The fraction of sp³-hybridized carbons (Fsp3) is 0.167. The lowest BCUT2D eigenvalue weighted by Gasteiger charge is -2.19. The van der Waals surface area contributed by atoms with Crippen LogP contribution in [0.1, 0.15) is 15.9 Å². The Morgan fingerprint density at radius 3 is 2.35 bits per heavy atom. The van der Waals surface area contributed by atoms with Crippen molar-refractivity contribution in [1.29, 1.82) is 0 Å². The maximum absolute atomic E-state index is 12.7. The number of anilines is 1. The van der Waals surface area contributed by atoms with Crippen LogP contribution in [0.3, 0.4) is 0 Å². The van der Waals surface area contributed by atoms with Gasteiger partial charge >= 0.3 is 0 Å². The van der Waals surface area contributed by atoms with Gasteiger partial charge in [0.2, 0.25) is 11.8 Å². The van der Waals surface area contributed by atoms with E-state index in [2.05, 4.69) is 5.32 Å². The van der Waals surface area contributed by atoms with Gasteiger partial charge in [0.05, 0.1) is 23.1 Å². The molecule has 0 unspecified atom stereocenters. The third kappa shape index (κ3) is 4.60. The predicted octanol–water partition coefficient (Wildman–Crippen LogP) is 2.26. The second-order valence-corrected chi connectivity index (χ2v) is 6.22. The van der Waals surface area contributed by atoms with Crippen molar-refractivity contribution < 1.29 is 14.4 Å². The number of carbonyl (C=O) groups is 3. The zero-order chi connectivity index (χ0) is 19.3. The highest BCUT2D eigenvalue weighted by Gasteiger charge is 2.19. The van der Waals surface area contributed by atoms with Gasteiger partial charge in [0.1, 0.15) is 0 Å². The molecule has 0 bridgehead atoms. The second kappa shape index (κ2) is 8.80. The summed E-state index contributed by atoms with van der Waals surface area (Å²) < 4.78 is 0. The minimum absolute atomic E-state index is 0.200. The van der Waals surface area contributed by atoms with Crippen molar-refractivity contribution >= 4 is 46.5 Å². The lowest BCUT2D eigenvalue weighted by molar-refractivity contribution is -0.124. The van der Waals surface area contributed by atoms with Gasteiger partial charge in [-0.25, -0.2) is 0 Å². The van der Waals surface area contributed by atoms with Gasteiger partial charge in [-0.1, -0.05) is 35.3 Å². The summed E-state index contributed by atoms with van der Waals surface area (Å²) in [5.41, 5.74) is 6.18. The molecule has 2 aromatic rings. The fourth-order valence-corrected chi connectivity index (χ4v) is 2.62. The van der Waals surface area contributed by atoms with Crippen LogP contribution in [0, 0.1) is 0 Å². The molecule has 0 spiro atoms. The van der Waals surface area contributed by atoms with Gasteiger partial charge in [0, 0.05) is 23.9 Å². The van der Waals surface area contributed by atoms with Crippen molar-refractivity contribution in [3.05, 3.63) is 63.6 Å². The van der Waals surface area contributed by atoms with Crippen LogP contribution in [-0.4, -0.2) is 37.7 Å². The van der Waals surface area contributed by atoms with Gasteiger partial charge in [0.15, 0.2) is 5.78 Å². The average molecular weight is 394 g/mol. The number of nitrogens with zero attached hydrogens (tertiary/aromatic N) is 1. The zero-order valence-corrected chi connectivity index (χ0v) is 15.5. The van der Waals surface area contributed by atoms with Crippen LogP contribution in [-0.2, 0) is 9.59 Å². The molecule has 0 aliphatic heterocycles. The van der Waals surface area contributed by atoms with Crippen molar-refractivity contribution in [2.24, 2.45) is 5.73 Å². The molecular weight excluding hydrogens is 377 g/mol. The normalized spacial score (nSPS) is 10.3. The third-order valence-electron chi connectivity index (χ3n) is 3.70. The van der Waals surface area contributed by atoms with E-state index >= 15 is 0 Å². The Bertz CT molecular complexity index is 855. The molecule has 0 heterocycles. The Morgan fingerprint density at radius 1 is 1.04 bits per heavy atom. The van der Waals surface area contributed by atoms with Gasteiger partial charge in [-0.05, 0) is 30.3 Å². The van der Waals surface area contributed by atoms with E-state index in [0.717, 1.165) is 0 Å². The molecule has 0 saturated carbocycles. The molecule has 2 amide bonds. The number of amides is 2. The molecule has 26 heavy (non-hydrogen) atoms. The molecule has 0 atom stereocenters. The van der Waals surface area contributed by atoms with Crippen LogP contribution in [0.25, 0.3) is 0 Å². The topological polar surface area (TPSA) is 92.5 Å². The molecular formula is C18H17Cl2N3O3. The smallest absolute Gasteiger partial charge is 0.246 e. The Labute approximate surface area is 160 Å². The summed E-state index contributed by atoms with van der Waals surface area (Å²) in [6.45, 7) is -0.405. The maximum Gasteiger partial charge on any atom is 0.246 e. The highest BCUT2D eigenvalue weighted by molar-refractivity contribution is 6.38. The van der Waals surface area contributed by atoms with Gasteiger partial charge in [-0.15, -0.1) is 0 Å². The van der Waals surface area contributed by atoms with E-state index in [-0.39, 0.29) is 35.4 Å². The quantitative estimate of drug-likeness (QED) is 0.736. The van der Waals surface area contributed by atoms with Crippen LogP contribution in [0.4, 0.5) is 5.69 Å². The number of carbonyl (C=O) groups excluding carboxylic acids is 3. The van der Waals surface area contributed by atoms with Crippen LogP contribution in [0.5, 0.6) is 0 Å². The lowest BCUT2D eigenvalue weighted by Crippen LogP contribution is -2.40. The maximum atomic E-state index is 12.7. The number of ketones is 1. The highest BCUT2D eigenvalue weighted by atomic mass is 35.5. The molecule has 3 N–H and O–H groups in total. The largest absolute Gasteiger partial charge is 0.346 e. The van der Waals surface area contributed by atoms with E-state index in [0.29, 0.717) is 16.3 Å². The summed E-state index contributed by atoms with van der Waals surface area (Å²) in [6.07, 6.45) is 0. The SMILES string of the molecule is CN(C(=O)CNC(=O)CN)c1ccc(Cl)c(C(=O)c2ccccc2Cl)c1. The Hall–Kier alpha value is -2.41. The molecule has 0 aliphatic carbocycles. The van der Waals surface area contributed by atoms with E-state index in [1.807, 2.05) is 0 Å². The molecule has 8 heteroatoms. The number of likely N-dealkylation sites (N-methyl/N-ethyl adjacent to an activating group) is 1. The summed E-state index contributed by atoms with van der Waals surface area (Å²) in [6, 6.07) is 11.3. The first-order valence-corrected chi connectivity index (χ1v) is 8.42. The van der Waals surface area contributed by atoms with E-state index in [1.54, 1.807) is 30.3 Å². The third-order valence-corrected chi connectivity index (χ3v) is 4.36. The first-order chi connectivity index (χ1) is 12.3. The van der Waals surface area contributed by atoms with Crippen LogP contribution >= 0.6 is 23.2 Å². The van der Waals surface area contributed by atoms with Crippen molar-refractivity contribution in [3.8, 4) is 0 Å². The Morgan fingerprint density at radius 2 is 1.69 bits per heavy atom. The summed E-state index contributed by atoms with van der Waals surface area (Å²) >= 11 is 12.2. The monoisotopic (exact) mass is 393 g/mol. The molecule has 136 valence electrons. The molecule has 0 radical (unpaired) electrons. The number of nitrogens with two attached hydrogens (primary N) is 1. The number of benzene rings is 2. The number of rotatable bonds is 6. The van der Waals surface area contributed by atoms with Gasteiger partial charge in [-0.2, -0.15) is 0 Å². The van der Waals surface area contributed by atoms with Crippen molar-refractivity contribution in [2.45, 2.75) is 0 Å². The molecule has 2 rings (SSSR count). The summed E-state index contributed by atoms with van der Waals surface area (Å²) in [4.78, 5) is 37.4. The Balaban J connectivity index is 2.26. The van der Waals surface area contributed by atoms with Crippen LogP contribution in [0.2, 0.25) is 10.0 Å². The van der Waals surface area contributed by atoms with Crippen molar-refractivity contribution in [2.75, 3.05) is 25.0 Å². The molecule has 2 aromatic carbocycles. The lowest BCUT2D eigenvalue weighted by atomic mass is 10.0. The molecule has 0 saturated heterocycles. The van der Waals surface area contributed by atoms with E-state index in [9.17, 15) is 14.4 Å². The minimum atomic E-state index is -0.433. The molecule has 0 aromatic heterocycles. The fourth-order valence-electron chi connectivity index (χ4n) is 2.20. The number of nitrogens with one attached hydrogen (secondary N) is 1. The van der Waals surface area contributed by atoms with Crippen LogP contribution < -0.4 is 16.0 Å². The predicted molar refractivity (Wildman–Crippen MR) is 102 cm³/mol. The molecule has 6 nitrogen and oxygen atoms in total. The van der Waals surface area contributed by atoms with E-state index in [4.69, 9.17) is 28.9 Å². The van der Waals surface area contributed by atoms with Gasteiger partial charge in [0.25, 0.3) is 0 Å². The van der Waals surface area contributed by atoms with Crippen LogP contribution in [0.15, 0.2) is 42.5 Å². The molecule has 0 fully saturated rings. The number of halogens is 2. The van der Waals surface area contributed by atoms with E-state index < -0.39 is 5.91 Å². The summed E-state index contributed by atoms with van der Waals surface area (Å²) in [5.74, 6) is -1.15. The zero-order valence-electron chi connectivity index (χ0n) is 14.0. The summed E-state index contributed by atoms with van der Waals surface area (Å²) in [7, 11) is 1.53. The summed E-state index contributed by atoms with van der Waals surface area (Å²) in [5, 5.41) is 2.96. The van der Waals surface area contributed by atoms with Gasteiger partial charge < -0.3 is 16.0 Å². The average Bonchev–Trinajstić information content (AvgIpc) is 2.65. The van der Waals surface area contributed by atoms with Crippen molar-refractivity contribution in [3.63, 3.8) is 0 Å². The highest BCUT2D eigenvalue weighted by Crippen LogP contribution is 2.27. The second-order valence-electron chi connectivity index (χ2n) is 5.41. The Kier molecular flexibility index (Phi) is 6.74. The number of hydrogen-bond acceptors (Lipinski definition) is 4. The first kappa shape index (κ1) is 19.9. The minimum Gasteiger partial charge on any atom is -0.346 e. The van der Waals surface area contributed by atoms with E-state index in [1.165, 1.54) is 24.1 Å².